The minimum Gasteiger partial charge on any atom is -0.333 e. The molecule has 1 N–H and O–H groups in total. The summed E-state index contributed by atoms with van der Waals surface area (Å²) in [6.07, 6.45) is 0. The highest BCUT2D eigenvalue weighted by Crippen LogP contribution is 2.24. The van der Waals surface area contributed by atoms with Gasteiger partial charge in [-0.2, -0.15) is 0 Å². The number of nitrogens with one attached hydrogen (secondary N) is 1. The Morgan fingerprint density at radius 1 is 1.55 bits per heavy atom. The van der Waals surface area contributed by atoms with Crippen molar-refractivity contribution in [1.82, 2.24) is 10.2 Å². The number of nitro benzene ring substituents is 1. The Hall–Kier alpha value is -1.37. The lowest BCUT2D eigenvalue weighted by atomic mass is 10.1. The van der Waals surface area contributed by atoms with Gasteiger partial charge in [-0.05, 0) is 13.0 Å². The third kappa shape index (κ3) is 3.39. The van der Waals surface area contributed by atoms with Crippen molar-refractivity contribution in [2.45, 2.75) is 13.0 Å². The van der Waals surface area contributed by atoms with Crippen LogP contribution in [0.5, 0.6) is 0 Å². The number of non-ortho nitro benzene ring substituents is 1. The van der Waals surface area contributed by atoms with E-state index in [4.69, 9.17) is 11.6 Å². The number of nitro groups is 1. The Labute approximate surface area is 127 Å². The molecule has 0 radical (unpaired) electrons. The first-order chi connectivity index (χ1) is 9.00. The summed E-state index contributed by atoms with van der Waals surface area (Å²) in [4.78, 5) is 24.2. The number of benzene rings is 1. The molecule has 1 saturated heterocycles. The van der Waals surface area contributed by atoms with Crippen LogP contribution in [-0.2, 0) is 0 Å². The quantitative estimate of drug-likeness (QED) is 0.669. The molecule has 0 bridgehead atoms. The van der Waals surface area contributed by atoms with Crippen LogP contribution in [0.3, 0.4) is 0 Å². The molecule has 1 aromatic rings. The van der Waals surface area contributed by atoms with Gasteiger partial charge in [0.1, 0.15) is 0 Å². The minimum absolute atomic E-state index is 0. The summed E-state index contributed by atoms with van der Waals surface area (Å²) in [7, 11) is 0. The normalized spacial score (nSPS) is 18.3. The summed E-state index contributed by atoms with van der Waals surface area (Å²) in [5.41, 5.74) is 0.191. The van der Waals surface area contributed by atoms with Gasteiger partial charge < -0.3 is 10.2 Å². The summed E-state index contributed by atoms with van der Waals surface area (Å²) in [6.45, 7) is 4.02. The maximum absolute atomic E-state index is 12.4. The largest absolute Gasteiger partial charge is 0.333 e. The van der Waals surface area contributed by atoms with Gasteiger partial charge in [-0.25, -0.2) is 0 Å². The molecule has 1 fully saturated rings. The molecule has 1 unspecified atom stereocenters. The summed E-state index contributed by atoms with van der Waals surface area (Å²) in [5, 5.41) is 13.9. The van der Waals surface area contributed by atoms with Gasteiger partial charge in [0.2, 0.25) is 0 Å². The molecule has 0 aromatic heterocycles. The van der Waals surface area contributed by atoms with E-state index in [1.54, 1.807) is 4.90 Å². The Morgan fingerprint density at radius 2 is 2.25 bits per heavy atom. The van der Waals surface area contributed by atoms with Crippen molar-refractivity contribution in [2.75, 3.05) is 19.6 Å². The van der Waals surface area contributed by atoms with Crippen LogP contribution in [0.4, 0.5) is 5.69 Å². The van der Waals surface area contributed by atoms with Crippen LogP contribution in [-0.4, -0.2) is 41.4 Å². The van der Waals surface area contributed by atoms with Gasteiger partial charge in [0.05, 0.1) is 15.5 Å². The SMILES string of the molecule is CC1CNCCN1C(=O)c1ccc([N+](=O)[O-])cc1Cl.Cl. The average molecular weight is 320 g/mol. The van der Waals surface area contributed by atoms with Crippen molar-refractivity contribution in [3.05, 3.63) is 38.9 Å². The zero-order valence-corrected chi connectivity index (χ0v) is 12.4. The second-order valence-electron chi connectivity index (χ2n) is 4.47. The fourth-order valence-corrected chi connectivity index (χ4v) is 2.34. The number of carbonyl (C=O) groups excluding carboxylic acids is 1. The number of hydrogen-bond donors (Lipinski definition) is 1. The lowest BCUT2D eigenvalue weighted by Gasteiger charge is -2.34. The molecule has 8 heteroatoms. The van der Waals surface area contributed by atoms with Gasteiger partial charge in [0, 0.05) is 37.8 Å². The van der Waals surface area contributed by atoms with Crippen molar-refractivity contribution >= 4 is 35.6 Å². The van der Waals surface area contributed by atoms with Crippen molar-refractivity contribution in [3.63, 3.8) is 0 Å². The van der Waals surface area contributed by atoms with Crippen LogP contribution < -0.4 is 5.32 Å². The minimum atomic E-state index is -0.534. The first-order valence-corrected chi connectivity index (χ1v) is 6.34. The van der Waals surface area contributed by atoms with Crippen molar-refractivity contribution < 1.29 is 9.72 Å². The predicted octanol–water partition coefficient (Wildman–Crippen LogP) is 2.10. The topological polar surface area (TPSA) is 75.5 Å². The van der Waals surface area contributed by atoms with Crippen LogP contribution in [0.15, 0.2) is 18.2 Å². The molecule has 1 aliphatic rings. The number of rotatable bonds is 2. The van der Waals surface area contributed by atoms with E-state index >= 15 is 0 Å². The second-order valence-corrected chi connectivity index (χ2v) is 4.88. The Balaban J connectivity index is 0.00000200. The highest BCUT2D eigenvalue weighted by molar-refractivity contribution is 6.34. The van der Waals surface area contributed by atoms with Crippen LogP contribution in [0.1, 0.15) is 17.3 Å². The molecule has 1 atom stereocenters. The molecule has 20 heavy (non-hydrogen) atoms. The van der Waals surface area contributed by atoms with E-state index in [1.807, 2.05) is 6.92 Å². The number of amides is 1. The third-order valence-electron chi connectivity index (χ3n) is 3.16. The Kier molecular flexibility index (Phi) is 5.74. The molecule has 0 spiro atoms. The monoisotopic (exact) mass is 319 g/mol. The molecule has 2 rings (SSSR count). The molecule has 1 aromatic carbocycles. The molecule has 6 nitrogen and oxygen atoms in total. The molecule has 110 valence electrons. The maximum Gasteiger partial charge on any atom is 0.270 e. The number of piperazine rings is 1. The van der Waals surface area contributed by atoms with E-state index in [2.05, 4.69) is 5.32 Å². The van der Waals surface area contributed by atoms with Gasteiger partial charge in [0.25, 0.3) is 11.6 Å². The zero-order valence-electron chi connectivity index (χ0n) is 10.8. The molecular weight excluding hydrogens is 305 g/mol. The molecule has 1 aliphatic heterocycles. The summed E-state index contributed by atoms with van der Waals surface area (Å²) >= 11 is 5.97. The van der Waals surface area contributed by atoms with Crippen molar-refractivity contribution in [1.29, 1.82) is 0 Å². The number of carbonyl (C=O) groups is 1. The smallest absolute Gasteiger partial charge is 0.270 e. The maximum atomic E-state index is 12.4. The van der Waals surface area contributed by atoms with Crippen molar-refractivity contribution in [3.8, 4) is 0 Å². The summed E-state index contributed by atoms with van der Waals surface area (Å²) in [6, 6.07) is 4.00. The third-order valence-corrected chi connectivity index (χ3v) is 3.47. The summed E-state index contributed by atoms with van der Waals surface area (Å²) in [5.74, 6) is -0.186. The highest BCUT2D eigenvalue weighted by Gasteiger charge is 2.26. The molecular formula is C12H15Cl2N3O3. The predicted molar refractivity (Wildman–Crippen MR) is 78.7 cm³/mol. The van der Waals surface area contributed by atoms with E-state index in [0.717, 1.165) is 13.1 Å². The van der Waals surface area contributed by atoms with E-state index in [0.29, 0.717) is 12.1 Å². The fraction of sp³-hybridized carbons (Fsp3) is 0.417. The number of nitrogens with zero attached hydrogens (tertiary/aromatic N) is 2. The van der Waals surface area contributed by atoms with E-state index < -0.39 is 4.92 Å². The lowest BCUT2D eigenvalue weighted by molar-refractivity contribution is -0.384. The lowest BCUT2D eigenvalue weighted by Crippen LogP contribution is -2.52. The second kappa shape index (κ2) is 6.88. The Morgan fingerprint density at radius 3 is 2.80 bits per heavy atom. The Bertz CT molecular complexity index is 525. The highest BCUT2D eigenvalue weighted by atomic mass is 35.5. The molecule has 0 aliphatic carbocycles. The molecule has 1 amide bonds. The van der Waals surface area contributed by atoms with Gasteiger partial charge >= 0.3 is 0 Å². The van der Waals surface area contributed by atoms with Gasteiger partial charge in [0.15, 0.2) is 0 Å². The van der Waals surface area contributed by atoms with Crippen LogP contribution >= 0.6 is 24.0 Å². The average Bonchev–Trinajstić information content (AvgIpc) is 2.38. The first-order valence-electron chi connectivity index (χ1n) is 5.96. The van der Waals surface area contributed by atoms with Crippen LogP contribution in [0.2, 0.25) is 5.02 Å². The van der Waals surface area contributed by atoms with Crippen LogP contribution in [0.25, 0.3) is 0 Å². The number of halogens is 2. The zero-order chi connectivity index (χ0) is 14.0. The van der Waals surface area contributed by atoms with Gasteiger partial charge in [-0.15, -0.1) is 12.4 Å². The molecule has 0 saturated carbocycles. The van der Waals surface area contributed by atoms with Gasteiger partial charge in [-0.3, -0.25) is 14.9 Å². The van der Waals surface area contributed by atoms with E-state index in [-0.39, 0.29) is 35.1 Å². The van der Waals surface area contributed by atoms with Crippen LogP contribution in [0, 0.1) is 10.1 Å². The molecule has 1 heterocycles. The van der Waals surface area contributed by atoms with Crippen molar-refractivity contribution in [2.24, 2.45) is 0 Å². The number of hydrogen-bond acceptors (Lipinski definition) is 4. The first kappa shape index (κ1) is 16.7. The van der Waals surface area contributed by atoms with E-state index in [9.17, 15) is 14.9 Å². The van der Waals surface area contributed by atoms with Gasteiger partial charge in [-0.1, -0.05) is 11.6 Å². The fourth-order valence-electron chi connectivity index (χ4n) is 2.09. The summed E-state index contributed by atoms with van der Waals surface area (Å²) < 4.78 is 0. The standard InChI is InChI=1S/C12H14ClN3O3.ClH/c1-8-7-14-4-5-15(8)12(17)10-3-2-9(16(18)19)6-11(10)13;/h2-3,6,8,14H,4-5,7H2,1H3;1H. The van der Waals surface area contributed by atoms with E-state index in [1.165, 1.54) is 18.2 Å².